The number of hydrogen-bond donors (Lipinski definition) is 1. The van der Waals surface area contributed by atoms with Crippen LogP contribution >= 0.6 is 0 Å². The molecule has 1 aromatic carbocycles. The van der Waals surface area contributed by atoms with Crippen molar-refractivity contribution in [3.05, 3.63) is 23.3 Å². The second-order valence-electron chi connectivity index (χ2n) is 7.78. The molecule has 0 aromatic heterocycles. The van der Waals surface area contributed by atoms with Crippen molar-refractivity contribution in [2.75, 3.05) is 41.0 Å². The molecule has 1 rings (SSSR count). The Labute approximate surface area is 176 Å². The third-order valence-corrected chi connectivity index (χ3v) is 5.04. The minimum absolute atomic E-state index is 0.00768. The Morgan fingerprint density at radius 1 is 1.20 bits per heavy atom. The van der Waals surface area contributed by atoms with Gasteiger partial charge in [0.05, 0.1) is 31.3 Å². The second-order valence-corrected chi connectivity index (χ2v) is 7.78. The predicted octanol–water partition coefficient (Wildman–Crippen LogP) is 4.20. The minimum Gasteiger partial charge on any atom is -0.496 e. The van der Waals surface area contributed by atoms with Gasteiger partial charge in [-0.25, -0.2) is 4.99 Å². The van der Waals surface area contributed by atoms with E-state index < -0.39 is 29.5 Å². The molecule has 1 aromatic rings. The van der Waals surface area contributed by atoms with Crippen LogP contribution in [0.4, 0.5) is 18.9 Å². The normalized spacial score (nSPS) is 14.8. The average molecular weight is 434 g/mol. The zero-order valence-corrected chi connectivity index (χ0v) is 18.8. The number of benzene rings is 1. The van der Waals surface area contributed by atoms with Crippen LogP contribution in [0.1, 0.15) is 38.3 Å². The zero-order chi connectivity index (χ0) is 23.2. The predicted molar refractivity (Wildman–Crippen MR) is 111 cm³/mol. The van der Waals surface area contributed by atoms with Gasteiger partial charge in [0.15, 0.2) is 0 Å². The summed E-state index contributed by atoms with van der Waals surface area (Å²) >= 11 is 0. The van der Waals surface area contributed by atoms with Gasteiger partial charge in [0.25, 0.3) is 0 Å². The maximum Gasteiger partial charge on any atom is 0.423 e. The molecule has 0 aliphatic rings. The van der Waals surface area contributed by atoms with Gasteiger partial charge >= 0.3 is 6.18 Å². The molecule has 0 saturated carbocycles. The Kier molecular flexibility index (Phi) is 9.13. The summed E-state index contributed by atoms with van der Waals surface area (Å²) in [7, 11) is 4.59. The molecule has 1 atom stereocenters. The average Bonchev–Trinajstić information content (AvgIpc) is 2.68. The van der Waals surface area contributed by atoms with Crippen molar-refractivity contribution < 1.29 is 32.5 Å². The highest BCUT2D eigenvalue weighted by Gasteiger charge is 2.56. The first kappa shape index (κ1) is 26.2. The van der Waals surface area contributed by atoms with Crippen LogP contribution in [0.2, 0.25) is 0 Å². The number of halogens is 3. The lowest BCUT2D eigenvalue weighted by atomic mass is 9.91. The molecule has 0 heterocycles. The van der Waals surface area contributed by atoms with Gasteiger partial charge in [-0.3, -0.25) is 0 Å². The van der Waals surface area contributed by atoms with Gasteiger partial charge in [-0.2, -0.15) is 13.2 Å². The van der Waals surface area contributed by atoms with Gasteiger partial charge in [-0.15, -0.1) is 0 Å². The number of hydrogen-bond acceptors (Lipinski definition) is 5. The monoisotopic (exact) mass is 434 g/mol. The Balaban J connectivity index is 3.25. The molecule has 6 nitrogen and oxygen atoms in total. The summed E-state index contributed by atoms with van der Waals surface area (Å²) in [6, 6.07) is 2.63. The number of nitrogens with zero attached hydrogens (tertiary/aromatic N) is 2. The molecular weight excluding hydrogens is 401 g/mol. The van der Waals surface area contributed by atoms with E-state index in [0.717, 1.165) is 6.54 Å². The van der Waals surface area contributed by atoms with Crippen molar-refractivity contribution in [1.82, 2.24) is 4.90 Å². The van der Waals surface area contributed by atoms with Crippen LogP contribution in [0.25, 0.3) is 0 Å². The van der Waals surface area contributed by atoms with Gasteiger partial charge in [0.2, 0.25) is 5.60 Å². The van der Waals surface area contributed by atoms with E-state index >= 15 is 0 Å². The molecule has 0 bridgehead atoms. The molecule has 0 radical (unpaired) electrons. The molecule has 1 unspecified atom stereocenters. The summed E-state index contributed by atoms with van der Waals surface area (Å²) in [5.74, 6) is -0.118. The molecular formula is C21H33F3N2O4. The lowest BCUT2D eigenvalue weighted by Gasteiger charge is -2.32. The number of rotatable bonds is 11. The highest BCUT2D eigenvalue weighted by atomic mass is 19.4. The summed E-state index contributed by atoms with van der Waals surface area (Å²) in [5.41, 5.74) is -3.28. The van der Waals surface area contributed by atoms with Gasteiger partial charge in [0, 0.05) is 38.9 Å². The van der Waals surface area contributed by atoms with Crippen molar-refractivity contribution in [1.29, 1.82) is 0 Å². The lowest BCUT2D eigenvalue weighted by Crippen LogP contribution is -2.46. The molecule has 172 valence electrons. The minimum atomic E-state index is -4.98. The van der Waals surface area contributed by atoms with Crippen molar-refractivity contribution in [3.8, 4) is 5.75 Å². The van der Waals surface area contributed by atoms with Crippen LogP contribution in [-0.4, -0.2) is 69.1 Å². The maximum atomic E-state index is 13.9. The fraction of sp³-hybridized carbons (Fsp3) is 0.667. The van der Waals surface area contributed by atoms with Crippen molar-refractivity contribution in [2.45, 2.75) is 51.5 Å². The summed E-state index contributed by atoms with van der Waals surface area (Å²) in [6.45, 7) is 6.92. The Hall–Kier alpha value is -1.84. The Bertz CT molecular complexity index is 723. The molecule has 1 N–H and O–H groups in total. The van der Waals surface area contributed by atoms with Crippen LogP contribution < -0.4 is 4.74 Å². The SMILES string of the molecule is CCN(C)C=Nc1cc(OC)c(C(O)(COCCC(C)(C)OC)C(F)(F)F)cc1C. The lowest BCUT2D eigenvalue weighted by molar-refractivity contribution is -0.282. The zero-order valence-electron chi connectivity index (χ0n) is 18.8. The van der Waals surface area contributed by atoms with E-state index in [1.165, 1.54) is 26.4 Å². The Morgan fingerprint density at radius 2 is 1.83 bits per heavy atom. The third kappa shape index (κ3) is 6.58. The summed E-state index contributed by atoms with van der Waals surface area (Å²) in [4.78, 5) is 6.12. The van der Waals surface area contributed by atoms with Crippen molar-refractivity contribution >= 4 is 12.0 Å². The van der Waals surface area contributed by atoms with Crippen molar-refractivity contribution in [2.24, 2.45) is 4.99 Å². The van der Waals surface area contributed by atoms with E-state index in [4.69, 9.17) is 14.2 Å². The van der Waals surface area contributed by atoms with E-state index in [9.17, 15) is 18.3 Å². The molecule has 0 amide bonds. The summed E-state index contributed by atoms with van der Waals surface area (Å²) < 4.78 is 57.4. The van der Waals surface area contributed by atoms with Gasteiger partial charge < -0.3 is 24.2 Å². The van der Waals surface area contributed by atoms with Gasteiger partial charge in [-0.05, 0) is 45.7 Å². The first-order valence-electron chi connectivity index (χ1n) is 9.67. The number of aliphatic imine (C=N–C) groups is 1. The fourth-order valence-corrected chi connectivity index (χ4v) is 2.50. The van der Waals surface area contributed by atoms with Crippen LogP contribution in [0, 0.1) is 6.92 Å². The molecule has 0 spiro atoms. The molecule has 0 aliphatic carbocycles. The number of aliphatic hydroxyl groups is 1. The molecule has 0 fully saturated rings. The van der Waals surface area contributed by atoms with E-state index in [-0.39, 0.29) is 12.4 Å². The highest BCUT2D eigenvalue weighted by Crippen LogP contribution is 2.45. The molecule has 9 heteroatoms. The van der Waals surface area contributed by atoms with Gasteiger partial charge in [-0.1, -0.05) is 0 Å². The van der Waals surface area contributed by atoms with E-state index in [1.54, 1.807) is 27.1 Å². The first-order valence-corrected chi connectivity index (χ1v) is 9.67. The molecule has 0 saturated heterocycles. The quantitative estimate of drug-likeness (QED) is 0.321. The largest absolute Gasteiger partial charge is 0.496 e. The number of aryl methyl sites for hydroxylation is 1. The first-order chi connectivity index (χ1) is 13.8. The van der Waals surface area contributed by atoms with Crippen LogP contribution in [-0.2, 0) is 15.1 Å². The molecule has 30 heavy (non-hydrogen) atoms. The highest BCUT2D eigenvalue weighted by molar-refractivity contribution is 5.65. The third-order valence-electron chi connectivity index (χ3n) is 5.04. The number of alkyl halides is 3. The fourth-order valence-electron chi connectivity index (χ4n) is 2.50. The second kappa shape index (κ2) is 10.5. The van der Waals surface area contributed by atoms with Crippen LogP contribution in [0.15, 0.2) is 17.1 Å². The topological polar surface area (TPSA) is 63.5 Å². The summed E-state index contributed by atoms with van der Waals surface area (Å²) in [5, 5.41) is 10.7. The Morgan fingerprint density at radius 3 is 2.33 bits per heavy atom. The number of ether oxygens (including phenoxy) is 3. The van der Waals surface area contributed by atoms with Crippen molar-refractivity contribution in [3.63, 3.8) is 0 Å². The van der Waals surface area contributed by atoms with Crippen LogP contribution in [0.3, 0.4) is 0 Å². The van der Waals surface area contributed by atoms with E-state index in [1.807, 2.05) is 18.9 Å². The van der Waals surface area contributed by atoms with E-state index in [2.05, 4.69) is 4.99 Å². The van der Waals surface area contributed by atoms with E-state index in [0.29, 0.717) is 17.7 Å². The standard InChI is InChI=1S/C21H33F3N2O4/c1-8-26(5)14-25-17-12-18(28-6)16(11-15(17)2)20(27,21(22,23)24)13-30-10-9-19(3,4)29-7/h11-12,14,27H,8-10,13H2,1-7H3. The van der Waals surface area contributed by atoms with Crippen LogP contribution in [0.5, 0.6) is 5.75 Å². The smallest absolute Gasteiger partial charge is 0.423 e. The maximum absolute atomic E-state index is 13.9. The molecule has 0 aliphatic heterocycles. The van der Waals surface area contributed by atoms with Gasteiger partial charge in [0.1, 0.15) is 5.75 Å². The summed E-state index contributed by atoms with van der Waals surface area (Å²) in [6.07, 6.45) is -3.03. The number of methoxy groups -OCH3 is 2.